The fraction of sp³-hybridized carbons (Fsp3) is 0.292. The maximum absolute atomic E-state index is 5.91. The number of benzene rings is 2. The van der Waals surface area contributed by atoms with E-state index in [9.17, 15) is 0 Å². The number of fused-ring (bicyclic) bond motifs is 1. The highest BCUT2D eigenvalue weighted by Gasteiger charge is 1.99. The quantitative estimate of drug-likeness (QED) is 0.400. The molecule has 2 heteroatoms. The van der Waals surface area contributed by atoms with E-state index < -0.39 is 0 Å². The molecule has 0 amide bonds. The van der Waals surface area contributed by atoms with Crippen LogP contribution in [0.1, 0.15) is 50.2 Å². The minimum Gasteiger partial charge on any atom is -0.494 e. The summed E-state index contributed by atoms with van der Waals surface area (Å²) in [5, 5.41) is 2.45. The van der Waals surface area contributed by atoms with Crippen LogP contribution in [-0.4, -0.2) is 11.6 Å². The van der Waals surface area contributed by atoms with Crippen LogP contribution < -0.4 is 4.74 Å². The SMILES string of the molecule is CCCCCCCOc1ccc2cc(/C=C/c3ccncc3)ccc2c1. The molecule has 1 aromatic heterocycles. The van der Waals surface area contributed by atoms with Crippen molar-refractivity contribution < 1.29 is 4.74 Å². The summed E-state index contributed by atoms with van der Waals surface area (Å²) in [5.74, 6) is 0.966. The number of hydrogen-bond acceptors (Lipinski definition) is 2. The van der Waals surface area contributed by atoms with Crippen molar-refractivity contribution in [1.82, 2.24) is 4.98 Å². The predicted octanol–water partition coefficient (Wildman–Crippen LogP) is 6.75. The van der Waals surface area contributed by atoms with E-state index in [-0.39, 0.29) is 0 Å². The van der Waals surface area contributed by atoms with Gasteiger partial charge in [0.15, 0.2) is 0 Å². The molecule has 2 nitrogen and oxygen atoms in total. The Labute approximate surface area is 156 Å². The smallest absolute Gasteiger partial charge is 0.119 e. The average molecular weight is 345 g/mol. The van der Waals surface area contributed by atoms with Crippen molar-refractivity contribution in [2.45, 2.75) is 39.0 Å². The van der Waals surface area contributed by atoms with Crippen molar-refractivity contribution in [3.8, 4) is 5.75 Å². The molecule has 0 aliphatic rings. The minimum absolute atomic E-state index is 0.808. The van der Waals surface area contributed by atoms with Gasteiger partial charge in [-0.2, -0.15) is 0 Å². The van der Waals surface area contributed by atoms with Gasteiger partial charge < -0.3 is 4.74 Å². The molecule has 134 valence electrons. The lowest BCUT2D eigenvalue weighted by Gasteiger charge is -2.08. The zero-order valence-electron chi connectivity index (χ0n) is 15.5. The lowest BCUT2D eigenvalue weighted by molar-refractivity contribution is 0.305. The van der Waals surface area contributed by atoms with Gasteiger partial charge in [0.2, 0.25) is 0 Å². The molecule has 0 spiro atoms. The van der Waals surface area contributed by atoms with E-state index >= 15 is 0 Å². The van der Waals surface area contributed by atoms with Gasteiger partial charge >= 0.3 is 0 Å². The molecule has 0 saturated heterocycles. The van der Waals surface area contributed by atoms with Crippen molar-refractivity contribution in [3.05, 3.63) is 72.1 Å². The van der Waals surface area contributed by atoms with Crippen LogP contribution in [0.2, 0.25) is 0 Å². The Morgan fingerprint density at radius 3 is 2.35 bits per heavy atom. The molecule has 0 saturated carbocycles. The number of ether oxygens (including phenoxy) is 1. The summed E-state index contributed by atoms with van der Waals surface area (Å²) >= 11 is 0. The van der Waals surface area contributed by atoms with Gasteiger partial charge in [-0.1, -0.05) is 63.0 Å². The average Bonchev–Trinajstić information content (AvgIpc) is 2.69. The molecular weight excluding hydrogens is 318 g/mol. The first-order valence-electron chi connectivity index (χ1n) is 9.60. The van der Waals surface area contributed by atoms with Gasteiger partial charge in [0, 0.05) is 12.4 Å². The molecular formula is C24H27NO. The fourth-order valence-electron chi connectivity index (χ4n) is 3.00. The third-order valence-electron chi connectivity index (χ3n) is 4.53. The van der Waals surface area contributed by atoms with Crippen molar-refractivity contribution in [2.75, 3.05) is 6.61 Å². The minimum atomic E-state index is 0.808. The van der Waals surface area contributed by atoms with Crippen LogP contribution in [0, 0.1) is 0 Å². The molecule has 0 bridgehead atoms. The molecule has 0 atom stereocenters. The number of hydrogen-bond donors (Lipinski definition) is 0. The van der Waals surface area contributed by atoms with E-state index in [1.54, 1.807) is 0 Å². The van der Waals surface area contributed by atoms with E-state index in [1.165, 1.54) is 42.0 Å². The normalized spacial score (nSPS) is 11.3. The zero-order valence-corrected chi connectivity index (χ0v) is 15.5. The molecule has 1 heterocycles. The first-order valence-corrected chi connectivity index (χ1v) is 9.60. The molecule has 0 unspecified atom stereocenters. The van der Waals surface area contributed by atoms with Gasteiger partial charge in [-0.15, -0.1) is 0 Å². The van der Waals surface area contributed by atoms with Gasteiger partial charge in [0.05, 0.1) is 6.61 Å². The second-order valence-corrected chi connectivity index (χ2v) is 6.64. The number of rotatable bonds is 9. The maximum atomic E-state index is 5.91. The van der Waals surface area contributed by atoms with Crippen molar-refractivity contribution in [3.63, 3.8) is 0 Å². The second-order valence-electron chi connectivity index (χ2n) is 6.64. The molecule has 3 rings (SSSR count). The Morgan fingerprint density at radius 1 is 0.769 bits per heavy atom. The van der Waals surface area contributed by atoms with Gasteiger partial charge in [-0.05, 0) is 58.7 Å². The summed E-state index contributed by atoms with van der Waals surface area (Å²) in [6.45, 7) is 3.05. The van der Waals surface area contributed by atoms with E-state index in [0.717, 1.165) is 24.3 Å². The Bertz CT molecular complexity index is 839. The number of nitrogens with zero attached hydrogens (tertiary/aromatic N) is 1. The van der Waals surface area contributed by atoms with Crippen molar-refractivity contribution >= 4 is 22.9 Å². The summed E-state index contributed by atoms with van der Waals surface area (Å²) in [5.41, 5.74) is 2.35. The fourth-order valence-corrected chi connectivity index (χ4v) is 3.00. The molecule has 3 aromatic rings. The third kappa shape index (κ3) is 5.45. The Balaban J connectivity index is 1.60. The molecule has 0 radical (unpaired) electrons. The topological polar surface area (TPSA) is 22.1 Å². The van der Waals surface area contributed by atoms with E-state index in [2.05, 4.69) is 60.5 Å². The summed E-state index contributed by atoms with van der Waals surface area (Å²) in [6, 6.07) is 16.9. The molecule has 0 aliphatic carbocycles. The molecule has 0 N–H and O–H groups in total. The van der Waals surface area contributed by atoms with Crippen LogP contribution >= 0.6 is 0 Å². The number of unbranched alkanes of at least 4 members (excludes halogenated alkanes) is 4. The summed E-state index contributed by atoms with van der Waals surface area (Å²) in [6.07, 6.45) is 14.2. The largest absolute Gasteiger partial charge is 0.494 e. The Morgan fingerprint density at radius 2 is 1.50 bits per heavy atom. The van der Waals surface area contributed by atoms with Crippen LogP contribution in [0.15, 0.2) is 60.9 Å². The first kappa shape index (κ1) is 18.2. The number of pyridine rings is 1. The molecule has 2 aromatic carbocycles. The molecule has 26 heavy (non-hydrogen) atoms. The van der Waals surface area contributed by atoms with Crippen LogP contribution in [0.5, 0.6) is 5.75 Å². The highest BCUT2D eigenvalue weighted by atomic mass is 16.5. The molecule has 0 aliphatic heterocycles. The zero-order chi connectivity index (χ0) is 18.0. The first-order chi connectivity index (χ1) is 12.8. The van der Waals surface area contributed by atoms with Crippen LogP contribution in [0.25, 0.3) is 22.9 Å². The summed E-state index contributed by atoms with van der Waals surface area (Å²) < 4.78 is 5.91. The monoisotopic (exact) mass is 345 g/mol. The van der Waals surface area contributed by atoms with Crippen LogP contribution in [0.3, 0.4) is 0 Å². The van der Waals surface area contributed by atoms with Gasteiger partial charge in [0.1, 0.15) is 5.75 Å². The Kier molecular flexibility index (Phi) is 6.83. The maximum Gasteiger partial charge on any atom is 0.119 e. The standard InChI is InChI=1S/C24H27NO/c1-2-3-4-5-6-17-26-24-12-11-22-18-21(9-10-23(22)19-24)8-7-20-13-15-25-16-14-20/h7-16,18-19H,2-6,17H2,1H3/b8-7+. The summed E-state index contributed by atoms with van der Waals surface area (Å²) in [4.78, 5) is 4.04. The van der Waals surface area contributed by atoms with Crippen molar-refractivity contribution in [2.24, 2.45) is 0 Å². The molecule has 0 fully saturated rings. The highest BCUT2D eigenvalue weighted by molar-refractivity contribution is 5.87. The van der Waals surface area contributed by atoms with Gasteiger partial charge in [-0.3, -0.25) is 4.98 Å². The lowest BCUT2D eigenvalue weighted by atomic mass is 10.1. The second kappa shape index (κ2) is 9.76. The summed E-state index contributed by atoms with van der Waals surface area (Å²) in [7, 11) is 0. The highest BCUT2D eigenvalue weighted by Crippen LogP contribution is 2.23. The predicted molar refractivity (Wildman–Crippen MR) is 111 cm³/mol. The Hall–Kier alpha value is -2.61. The third-order valence-corrected chi connectivity index (χ3v) is 4.53. The van der Waals surface area contributed by atoms with E-state index in [1.807, 2.05) is 24.5 Å². The van der Waals surface area contributed by atoms with E-state index in [4.69, 9.17) is 4.74 Å². The van der Waals surface area contributed by atoms with Gasteiger partial charge in [0.25, 0.3) is 0 Å². The van der Waals surface area contributed by atoms with Crippen LogP contribution in [0.4, 0.5) is 0 Å². The van der Waals surface area contributed by atoms with Crippen molar-refractivity contribution in [1.29, 1.82) is 0 Å². The van der Waals surface area contributed by atoms with Gasteiger partial charge in [-0.25, -0.2) is 0 Å². The lowest BCUT2D eigenvalue weighted by Crippen LogP contribution is -1.97. The van der Waals surface area contributed by atoms with E-state index in [0.29, 0.717) is 0 Å². The van der Waals surface area contributed by atoms with Crippen LogP contribution in [-0.2, 0) is 0 Å². The number of aromatic nitrogens is 1.